The molecule has 0 aliphatic carbocycles. The maximum absolute atomic E-state index is 13.4. The number of amides is 1. The highest BCUT2D eigenvalue weighted by Crippen LogP contribution is 2.23. The number of hydrogen-bond donors (Lipinski definition) is 1. The van der Waals surface area contributed by atoms with E-state index < -0.39 is 0 Å². The van der Waals surface area contributed by atoms with Crippen molar-refractivity contribution in [1.82, 2.24) is 19.2 Å². The number of nitrogens with one attached hydrogen (secondary N) is 1. The standard InChI is InChI=1S/C26H23N5O2/c1-16-11-13-19(14-12-16)24-28-29-25-26(33)30(20-9-4-5-10-21(20)31(24)25)15-22(32)27-23-17(2)7-6-8-18(23)3/h4-14H,15H2,1-3H3,(H,27,32). The quantitative estimate of drug-likeness (QED) is 0.455. The molecule has 1 N–H and O–H groups in total. The molecule has 33 heavy (non-hydrogen) atoms. The number of fused-ring (bicyclic) bond motifs is 3. The third kappa shape index (κ3) is 3.57. The van der Waals surface area contributed by atoms with Crippen LogP contribution in [-0.2, 0) is 11.3 Å². The van der Waals surface area contributed by atoms with Crippen LogP contribution in [-0.4, -0.2) is 25.1 Å². The molecule has 2 aromatic heterocycles. The van der Waals surface area contributed by atoms with Gasteiger partial charge in [0.1, 0.15) is 6.54 Å². The fraction of sp³-hybridized carbons (Fsp3) is 0.154. The van der Waals surface area contributed by atoms with E-state index in [9.17, 15) is 9.59 Å². The van der Waals surface area contributed by atoms with E-state index in [1.165, 1.54) is 4.57 Å². The van der Waals surface area contributed by atoms with Crippen LogP contribution >= 0.6 is 0 Å². The Hall–Kier alpha value is -4.26. The van der Waals surface area contributed by atoms with Crippen LogP contribution in [0.5, 0.6) is 0 Å². The fourth-order valence-electron chi connectivity index (χ4n) is 4.14. The van der Waals surface area contributed by atoms with Crippen molar-refractivity contribution < 1.29 is 4.79 Å². The van der Waals surface area contributed by atoms with Crippen LogP contribution in [0.2, 0.25) is 0 Å². The van der Waals surface area contributed by atoms with Crippen molar-refractivity contribution in [3.63, 3.8) is 0 Å². The lowest BCUT2D eigenvalue weighted by Gasteiger charge is -2.15. The Labute approximate surface area is 190 Å². The molecule has 3 aromatic carbocycles. The molecular formula is C26H23N5O2. The number of aromatic nitrogens is 4. The van der Waals surface area contributed by atoms with Crippen LogP contribution in [0.4, 0.5) is 5.69 Å². The van der Waals surface area contributed by atoms with Gasteiger partial charge in [-0.3, -0.25) is 18.6 Å². The van der Waals surface area contributed by atoms with E-state index in [0.717, 1.165) is 33.5 Å². The first kappa shape index (κ1) is 20.6. The van der Waals surface area contributed by atoms with Crippen molar-refractivity contribution in [1.29, 1.82) is 0 Å². The van der Waals surface area contributed by atoms with Gasteiger partial charge in [-0.05, 0) is 44.0 Å². The van der Waals surface area contributed by atoms with Crippen LogP contribution in [0.15, 0.2) is 71.5 Å². The number of rotatable bonds is 4. The third-order valence-corrected chi connectivity index (χ3v) is 5.87. The van der Waals surface area contributed by atoms with Gasteiger partial charge < -0.3 is 5.32 Å². The Bertz CT molecular complexity index is 1560. The van der Waals surface area contributed by atoms with E-state index >= 15 is 0 Å². The summed E-state index contributed by atoms with van der Waals surface area (Å²) in [5.41, 5.74) is 5.92. The molecule has 7 nitrogen and oxygen atoms in total. The van der Waals surface area contributed by atoms with E-state index in [1.54, 1.807) is 4.40 Å². The maximum atomic E-state index is 13.4. The zero-order valence-corrected chi connectivity index (χ0v) is 18.7. The smallest absolute Gasteiger partial charge is 0.297 e. The lowest BCUT2D eigenvalue weighted by atomic mass is 10.1. The number of carbonyl (C=O) groups excluding carboxylic acids is 1. The molecule has 0 atom stereocenters. The summed E-state index contributed by atoms with van der Waals surface area (Å²) in [7, 11) is 0. The summed E-state index contributed by atoms with van der Waals surface area (Å²) >= 11 is 0. The fourth-order valence-corrected chi connectivity index (χ4v) is 4.14. The maximum Gasteiger partial charge on any atom is 0.297 e. The summed E-state index contributed by atoms with van der Waals surface area (Å²) in [6.07, 6.45) is 0. The molecular weight excluding hydrogens is 414 g/mol. The van der Waals surface area contributed by atoms with Crippen molar-refractivity contribution >= 4 is 28.3 Å². The summed E-state index contributed by atoms with van der Waals surface area (Å²) in [6, 6.07) is 21.2. The Kier molecular flexibility index (Phi) is 5.01. The van der Waals surface area contributed by atoms with E-state index in [0.29, 0.717) is 11.3 Å². The van der Waals surface area contributed by atoms with Gasteiger partial charge in [0.05, 0.1) is 11.0 Å². The van der Waals surface area contributed by atoms with Gasteiger partial charge in [0.25, 0.3) is 5.56 Å². The Morgan fingerprint density at radius 1 is 0.848 bits per heavy atom. The minimum atomic E-state index is -0.365. The molecule has 7 heteroatoms. The first-order valence-corrected chi connectivity index (χ1v) is 10.7. The van der Waals surface area contributed by atoms with Crippen molar-refractivity contribution in [2.24, 2.45) is 0 Å². The second-order valence-corrected chi connectivity index (χ2v) is 8.24. The van der Waals surface area contributed by atoms with Crippen molar-refractivity contribution in [3.05, 3.63) is 93.8 Å². The lowest BCUT2D eigenvalue weighted by molar-refractivity contribution is -0.116. The molecule has 0 saturated heterocycles. The summed E-state index contributed by atoms with van der Waals surface area (Å²) in [4.78, 5) is 26.4. The van der Waals surface area contributed by atoms with Gasteiger partial charge in [-0.1, -0.05) is 60.2 Å². The molecule has 1 amide bonds. The Balaban J connectivity index is 1.63. The van der Waals surface area contributed by atoms with E-state index in [-0.39, 0.29) is 23.7 Å². The molecule has 5 aromatic rings. The van der Waals surface area contributed by atoms with Crippen LogP contribution in [0, 0.1) is 20.8 Å². The van der Waals surface area contributed by atoms with Crippen LogP contribution in [0.1, 0.15) is 16.7 Å². The van der Waals surface area contributed by atoms with Gasteiger partial charge in [0.2, 0.25) is 11.6 Å². The van der Waals surface area contributed by atoms with Crippen LogP contribution in [0.3, 0.4) is 0 Å². The van der Waals surface area contributed by atoms with Gasteiger partial charge in [-0.2, -0.15) is 0 Å². The molecule has 2 heterocycles. The van der Waals surface area contributed by atoms with Gasteiger partial charge in [-0.15, -0.1) is 10.2 Å². The van der Waals surface area contributed by atoms with Gasteiger partial charge in [-0.25, -0.2) is 0 Å². The highest BCUT2D eigenvalue weighted by molar-refractivity contribution is 5.93. The molecule has 164 valence electrons. The Morgan fingerprint density at radius 2 is 1.52 bits per heavy atom. The Morgan fingerprint density at radius 3 is 2.21 bits per heavy atom. The highest BCUT2D eigenvalue weighted by atomic mass is 16.2. The van der Waals surface area contributed by atoms with E-state index in [4.69, 9.17) is 0 Å². The number of hydrogen-bond acceptors (Lipinski definition) is 4. The minimum Gasteiger partial charge on any atom is -0.324 e. The monoisotopic (exact) mass is 437 g/mol. The van der Waals surface area contributed by atoms with E-state index in [1.807, 2.05) is 87.5 Å². The molecule has 0 saturated carbocycles. The predicted molar refractivity (Wildman–Crippen MR) is 129 cm³/mol. The minimum absolute atomic E-state index is 0.129. The zero-order chi connectivity index (χ0) is 23.1. The van der Waals surface area contributed by atoms with Crippen molar-refractivity contribution in [2.75, 3.05) is 5.32 Å². The molecule has 0 aliphatic heterocycles. The van der Waals surface area contributed by atoms with E-state index in [2.05, 4.69) is 15.5 Å². The predicted octanol–water partition coefficient (Wildman–Crippen LogP) is 4.28. The molecule has 0 spiro atoms. The zero-order valence-electron chi connectivity index (χ0n) is 18.7. The SMILES string of the molecule is Cc1ccc(-c2nnc3c(=O)n(CC(=O)Nc4c(C)cccc4C)c4ccccc4n23)cc1. The number of benzene rings is 3. The lowest BCUT2D eigenvalue weighted by Crippen LogP contribution is -2.29. The second-order valence-electron chi connectivity index (χ2n) is 8.24. The molecule has 0 fully saturated rings. The van der Waals surface area contributed by atoms with Gasteiger partial charge in [0.15, 0.2) is 5.82 Å². The molecule has 0 radical (unpaired) electrons. The normalized spacial score (nSPS) is 11.2. The molecule has 0 unspecified atom stereocenters. The van der Waals surface area contributed by atoms with Crippen LogP contribution < -0.4 is 10.9 Å². The summed E-state index contributed by atoms with van der Waals surface area (Å²) in [6.45, 7) is 5.78. The number of anilines is 1. The summed E-state index contributed by atoms with van der Waals surface area (Å²) < 4.78 is 3.23. The summed E-state index contributed by atoms with van der Waals surface area (Å²) in [5.74, 6) is 0.313. The molecule has 5 rings (SSSR count). The topological polar surface area (TPSA) is 81.3 Å². The van der Waals surface area contributed by atoms with Gasteiger partial charge in [0, 0.05) is 11.3 Å². The van der Waals surface area contributed by atoms with Crippen molar-refractivity contribution in [2.45, 2.75) is 27.3 Å². The number of nitrogens with zero attached hydrogens (tertiary/aromatic N) is 4. The van der Waals surface area contributed by atoms with Gasteiger partial charge >= 0.3 is 0 Å². The summed E-state index contributed by atoms with van der Waals surface area (Å²) in [5, 5.41) is 11.5. The number of para-hydroxylation sites is 3. The third-order valence-electron chi connectivity index (χ3n) is 5.87. The first-order valence-electron chi connectivity index (χ1n) is 10.7. The highest BCUT2D eigenvalue weighted by Gasteiger charge is 2.19. The molecule has 0 aliphatic rings. The number of carbonyl (C=O) groups is 1. The van der Waals surface area contributed by atoms with Crippen LogP contribution in [0.25, 0.3) is 28.1 Å². The average Bonchev–Trinajstić information content (AvgIpc) is 3.25. The largest absolute Gasteiger partial charge is 0.324 e. The second kappa shape index (κ2) is 8.02. The van der Waals surface area contributed by atoms with Crippen molar-refractivity contribution in [3.8, 4) is 11.4 Å². The first-order chi connectivity index (χ1) is 15.9. The molecule has 0 bridgehead atoms. The number of aryl methyl sites for hydroxylation is 3. The average molecular weight is 438 g/mol.